The lowest BCUT2D eigenvalue weighted by Gasteiger charge is -2.11. The Morgan fingerprint density at radius 1 is 1.15 bits per heavy atom. The molecule has 2 aromatic carbocycles. The Bertz CT molecular complexity index is 828. The minimum Gasteiger partial charge on any atom is -0.378 e. The van der Waals surface area contributed by atoms with Crippen molar-refractivity contribution in [2.75, 3.05) is 18.4 Å². The van der Waals surface area contributed by atoms with Crippen LogP contribution in [0.4, 0.5) is 24.5 Å². The molecule has 0 aliphatic heterocycles. The predicted molar refractivity (Wildman–Crippen MR) is 90.4 cm³/mol. The fourth-order valence-electron chi connectivity index (χ4n) is 2.11. The van der Waals surface area contributed by atoms with Crippen LogP contribution in [0.1, 0.15) is 15.9 Å². The molecule has 0 aliphatic rings. The van der Waals surface area contributed by atoms with Gasteiger partial charge in [0, 0.05) is 29.7 Å². The fraction of sp³-hybridized carbons (Fsp3) is 0.188. The highest BCUT2D eigenvalue weighted by atomic mass is 35.5. The first-order valence-corrected chi connectivity index (χ1v) is 7.69. The van der Waals surface area contributed by atoms with Crippen molar-refractivity contribution in [3.63, 3.8) is 0 Å². The van der Waals surface area contributed by atoms with Gasteiger partial charge in [0.25, 0.3) is 11.6 Å². The molecule has 10 heteroatoms. The van der Waals surface area contributed by atoms with E-state index in [1.165, 1.54) is 6.07 Å². The summed E-state index contributed by atoms with van der Waals surface area (Å²) in [4.78, 5) is 22.0. The van der Waals surface area contributed by atoms with Crippen LogP contribution >= 0.6 is 11.6 Å². The second-order valence-corrected chi connectivity index (χ2v) is 5.62. The van der Waals surface area contributed by atoms with Gasteiger partial charge in [0.2, 0.25) is 0 Å². The minimum absolute atomic E-state index is 0.0694. The summed E-state index contributed by atoms with van der Waals surface area (Å²) in [5.74, 6) is -0.392. The Morgan fingerprint density at radius 3 is 2.50 bits per heavy atom. The molecule has 2 aromatic rings. The average Bonchev–Trinajstić information content (AvgIpc) is 2.57. The molecule has 0 radical (unpaired) electrons. The molecule has 0 unspecified atom stereocenters. The van der Waals surface area contributed by atoms with Gasteiger partial charge in [-0.05, 0) is 30.3 Å². The zero-order valence-corrected chi connectivity index (χ0v) is 13.9. The van der Waals surface area contributed by atoms with Crippen LogP contribution in [0.15, 0.2) is 42.5 Å². The third-order valence-corrected chi connectivity index (χ3v) is 3.57. The van der Waals surface area contributed by atoms with Gasteiger partial charge in [0.15, 0.2) is 0 Å². The van der Waals surface area contributed by atoms with E-state index in [1.54, 1.807) is 18.2 Å². The summed E-state index contributed by atoms with van der Waals surface area (Å²) in [6.07, 6.45) is -4.67. The van der Waals surface area contributed by atoms with Crippen molar-refractivity contribution in [1.29, 1.82) is 0 Å². The van der Waals surface area contributed by atoms with Gasteiger partial charge in [0.05, 0.1) is 10.5 Å². The number of hydrogen-bond donors (Lipinski definition) is 2. The van der Waals surface area contributed by atoms with Crippen LogP contribution in [-0.4, -0.2) is 23.9 Å². The van der Waals surface area contributed by atoms with E-state index in [9.17, 15) is 28.1 Å². The molecule has 6 nitrogen and oxygen atoms in total. The summed E-state index contributed by atoms with van der Waals surface area (Å²) in [7, 11) is 0. The lowest BCUT2D eigenvalue weighted by molar-refractivity contribution is -0.384. The number of alkyl halides is 3. The number of anilines is 1. The first kappa shape index (κ1) is 19.5. The van der Waals surface area contributed by atoms with E-state index >= 15 is 0 Å². The summed E-state index contributed by atoms with van der Waals surface area (Å²) in [6, 6.07) is 8.47. The first-order chi connectivity index (χ1) is 12.2. The van der Waals surface area contributed by atoms with Gasteiger partial charge in [-0.25, -0.2) is 0 Å². The van der Waals surface area contributed by atoms with E-state index in [0.717, 1.165) is 12.1 Å². The molecule has 2 N–H and O–H groups in total. The lowest BCUT2D eigenvalue weighted by atomic mass is 10.1. The number of rotatable bonds is 6. The van der Waals surface area contributed by atoms with Gasteiger partial charge in [0.1, 0.15) is 5.69 Å². The second-order valence-electron chi connectivity index (χ2n) is 5.18. The van der Waals surface area contributed by atoms with Crippen LogP contribution in [0.3, 0.4) is 0 Å². The minimum atomic E-state index is -4.67. The summed E-state index contributed by atoms with van der Waals surface area (Å²) in [6.45, 7) is 0.183. The monoisotopic (exact) mass is 387 g/mol. The van der Waals surface area contributed by atoms with Crippen molar-refractivity contribution in [3.05, 3.63) is 68.7 Å². The number of amides is 1. The Labute approximate surface area is 151 Å². The van der Waals surface area contributed by atoms with Crippen LogP contribution in [0.5, 0.6) is 0 Å². The van der Waals surface area contributed by atoms with Gasteiger partial charge in [-0.1, -0.05) is 17.7 Å². The van der Waals surface area contributed by atoms with E-state index in [-0.39, 0.29) is 18.8 Å². The molecule has 0 fully saturated rings. The topological polar surface area (TPSA) is 84.3 Å². The quantitative estimate of drug-likeness (QED) is 0.444. The van der Waals surface area contributed by atoms with E-state index in [2.05, 4.69) is 10.6 Å². The average molecular weight is 388 g/mol. The number of halogens is 4. The highest BCUT2D eigenvalue weighted by Crippen LogP contribution is 2.34. The van der Waals surface area contributed by atoms with E-state index in [4.69, 9.17) is 11.6 Å². The molecule has 26 heavy (non-hydrogen) atoms. The number of carbonyl (C=O) groups is 1. The van der Waals surface area contributed by atoms with Crippen molar-refractivity contribution in [2.45, 2.75) is 6.18 Å². The number of hydrogen-bond acceptors (Lipinski definition) is 4. The number of carbonyl (C=O) groups excluding carboxylic acids is 1. The zero-order valence-electron chi connectivity index (χ0n) is 13.1. The molecular formula is C16H13ClF3N3O3. The second kappa shape index (κ2) is 8.05. The third-order valence-electron chi connectivity index (χ3n) is 3.33. The number of nitro benzene ring substituents is 1. The molecule has 1 amide bonds. The number of nitro groups is 1. The lowest BCUT2D eigenvalue weighted by Crippen LogP contribution is -2.28. The smallest absolute Gasteiger partial charge is 0.378 e. The van der Waals surface area contributed by atoms with Crippen molar-refractivity contribution in [2.24, 2.45) is 0 Å². The van der Waals surface area contributed by atoms with Gasteiger partial charge in [-0.15, -0.1) is 0 Å². The highest BCUT2D eigenvalue weighted by molar-refractivity contribution is 6.30. The molecule has 0 heterocycles. The van der Waals surface area contributed by atoms with Gasteiger partial charge >= 0.3 is 6.18 Å². The van der Waals surface area contributed by atoms with Crippen molar-refractivity contribution in [1.82, 2.24) is 5.32 Å². The first-order valence-electron chi connectivity index (χ1n) is 7.32. The van der Waals surface area contributed by atoms with Crippen molar-refractivity contribution in [3.8, 4) is 0 Å². The summed E-state index contributed by atoms with van der Waals surface area (Å²) in [5, 5.41) is 16.6. The molecule has 0 bridgehead atoms. The maximum absolute atomic E-state index is 12.6. The molecule has 0 saturated heterocycles. The maximum Gasteiger partial charge on any atom is 0.416 e. The van der Waals surface area contributed by atoms with Crippen molar-refractivity contribution >= 4 is 28.9 Å². The third kappa shape index (κ3) is 5.09. The molecule has 0 spiro atoms. The normalized spacial score (nSPS) is 11.1. The SMILES string of the molecule is O=C(NCCNc1ccc(C(F)(F)F)cc1[N+](=O)[O-])c1cccc(Cl)c1. The Hall–Kier alpha value is -2.81. The van der Waals surface area contributed by atoms with Crippen LogP contribution in [0.25, 0.3) is 0 Å². The van der Waals surface area contributed by atoms with E-state index in [0.29, 0.717) is 16.7 Å². The molecular weight excluding hydrogens is 375 g/mol. The largest absolute Gasteiger partial charge is 0.416 e. The highest BCUT2D eigenvalue weighted by Gasteiger charge is 2.32. The van der Waals surface area contributed by atoms with Crippen LogP contribution in [0.2, 0.25) is 5.02 Å². The molecule has 2 rings (SSSR count). The summed E-state index contributed by atoms with van der Waals surface area (Å²) in [5.41, 5.74) is -1.52. The van der Waals surface area contributed by atoms with E-state index in [1.807, 2.05) is 0 Å². The molecule has 0 aromatic heterocycles. The molecule has 0 aliphatic carbocycles. The Morgan fingerprint density at radius 2 is 1.88 bits per heavy atom. The van der Waals surface area contributed by atoms with E-state index < -0.39 is 28.3 Å². The van der Waals surface area contributed by atoms with Crippen molar-refractivity contribution < 1.29 is 22.9 Å². The molecule has 0 saturated carbocycles. The number of nitrogens with one attached hydrogen (secondary N) is 2. The molecule has 138 valence electrons. The standard InChI is InChI=1S/C16H13ClF3N3O3/c17-12-3-1-2-10(8-12)15(24)22-7-6-21-13-5-4-11(16(18,19)20)9-14(13)23(25)26/h1-5,8-9,21H,6-7H2,(H,22,24). The predicted octanol–water partition coefficient (Wildman–Crippen LogP) is 4.11. The van der Waals surface area contributed by atoms with Gasteiger partial charge < -0.3 is 10.6 Å². The Balaban J connectivity index is 1.97. The maximum atomic E-state index is 12.6. The van der Waals surface area contributed by atoms with Gasteiger partial charge in [-0.3, -0.25) is 14.9 Å². The van der Waals surface area contributed by atoms with Gasteiger partial charge in [-0.2, -0.15) is 13.2 Å². The van der Waals surface area contributed by atoms with Crippen LogP contribution < -0.4 is 10.6 Å². The number of nitrogens with zero attached hydrogens (tertiary/aromatic N) is 1. The Kier molecular flexibility index (Phi) is 6.04. The summed E-state index contributed by atoms with van der Waals surface area (Å²) < 4.78 is 37.9. The summed E-state index contributed by atoms with van der Waals surface area (Å²) >= 11 is 5.79. The zero-order chi connectivity index (χ0) is 19.3. The van der Waals surface area contributed by atoms with Crippen LogP contribution in [0, 0.1) is 10.1 Å². The van der Waals surface area contributed by atoms with Crippen LogP contribution in [-0.2, 0) is 6.18 Å². The number of benzene rings is 2. The molecule has 0 atom stereocenters. The fourth-order valence-corrected chi connectivity index (χ4v) is 2.30.